The van der Waals surface area contributed by atoms with E-state index in [9.17, 15) is 13.2 Å². The summed E-state index contributed by atoms with van der Waals surface area (Å²) in [6.07, 6.45) is 0.195. The zero-order chi connectivity index (χ0) is 19.3. The molecule has 3 aromatic rings. The fourth-order valence-electron chi connectivity index (χ4n) is 2.54. The van der Waals surface area contributed by atoms with Crippen LogP contribution in [0.4, 0.5) is 13.2 Å². The number of thiazole rings is 1. The van der Waals surface area contributed by atoms with Gasteiger partial charge in [0.15, 0.2) is 10.9 Å². The van der Waals surface area contributed by atoms with Crippen molar-refractivity contribution in [2.75, 3.05) is 13.1 Å². The second-order valence-electron chi connectivity index (χ2n) is 5.89. The third-order valence-corrected chi connectivity index (χ3v) is 4.64. The van der Waals surface area contributed by atoms with Gasteiger partial charge in [-0.1, -0.05) is 12.1 Å². The minimum Gasteiger partial charge on any atom is -0.357 e. The zero-order valence-corrected chi connectivity index (χ0v) is 15.6. The predicted molar refractivity (Wildman–Crippen MR) is 101 cm³/mol. The van der Waals surface area contributed by atoms with Crippen molar-refractivity contribution in [1.29, 1.82) is 0 Å². The highest BCUT2D eigenvalue weighted by Crippen LogP contribution is 2.29. The largest absolute Gasteiger partial charge is 0.416 e. The fourth-order valence-corrected chi connectivity index (χ4v) is 3.26. The van der Waals surface area contributed by atoms with Crippen LogP contribution in [0.5, 0.6) is 0 Å². The van der Waals surface area contributed by atoms with Crippen molar-refractivity contribution < 1.29 is 13.2 Å². The number of hydrogen-bond acceptors (Lipinski definition) is 3. The van der Waals surface area contributed by atoms with Gasteiger partial charge in [0.05, 0.1) is 17.8 Å². The SMILES string of the molecule is CCNC(=NCc1cn2ccsc2n1)NCCc1ccc(C(F)(F)F)cc1. The molecule has 0 saturated carbocycles. The van der Waals surface area contributed by atoms with Gasteiger partial charge in [-0.3, -0.25) is 4.40 Å². The molecule has 0 aliphatic heterocycles. The monoisotopic (exact) mass is 395 g/mol. The van der Waals surface area contributed by atoms with E-state index in [1.807, 2.05) is 29.1 Å². The van der Waals surface area contributed by atoms with Gasteiger partial charge in [0.1, 0.15) is 0 Å². The molecular weight excluding hydrogens is 375 g/mol. The lowest BCUT2D eigenvalue weighted by molar-refractivity contribution is -0.137. The first-order valence-corrected chi connectivity index (χ1v) is 9.43. The molecule has 0 fully saturated rings. The molecule has 2 N–H and O–H groups in total. The Labute approximate surface area is 159 Å². The first kappa shape index (κ1) is 19.2. The maximum absolute atomic E-state index is 12.6. The average molecular weight is 395 g/mol. The van der Waals surface area contributed by atoms with Crippen molar-refractivity contribution in [3.8, 4) is 0 Å². The number of halogens is 3. The Bertz CT molecular complexity index is 867. The van der Waals surface area contributed by atoms with Gasteiger partial charge in [0, 0.05) is 30.9 Å². The van der Waals surface area contributed by atoms with Crippen LogP contribution in [0.15, 0.2) is 47.0 Å². The number of guanidine groups is 1. The Kier molecular flexibility index (Phi) is 6.00. The maximum Gasteiger partial charge on any atom is 0.416 e. The van der Waals surface area contributed by atoms with Gasteiger partial charge in [0.2, 0.25) is 0 Å². The van der Waals surface area contributed by atoms with Gasteiger partial charge in [0.25, 0.3) is 0 Å². The van der Waals surface area contributed by atoms with E-state index in [0.717, 1.165) is 28.4 Å². The van der Waals surface area contributed by atoms with Crippen LogP contribution in [-0.4, -0.2) is 28.4 Å². The summed E-state index contributed by atoms with van der Waals surface area (Å²) < 4.78 is 39.7. The normalized spacial score (nSPS) is 12.5. The topological polar surface area (TPSA) is 53.7 Å². The van der Waals surface area contributed by atoms with E-state index >= 15 is 0 Å². The fraction of sp³-hybridized carbons (Fsp3) is 0.333. The van der Waals surface area contributed by atoms with E-state index in [2.05, 4.69) is 20.6 Å². The van der Waals surface area contributed by atoms with E-state index in [1.165, 1.54) is 12.1 Å². The predicted octanol–water partition coefficient (Wildman–Crippen LogP) is 3.71. The number of aliphatic imine (C=N–C) groups is 1. The molecule has 0 bridgehead atoms. The number of nitrogens with one attached hydrogen (secondary N) is 2. The summed E-state index contributed by atoms with van der Waals surface area (Å²) in [4.78, 5) is 9.93. The highest BCUT2D eigenvalue weighted by molar-refractivity contribution is 7.15. The first-order chi connectivity index (χ1) is 13.0. The van der Waals surface area contributed by atoms with Crippen molar-refractivity contribution in [1.82, 2.24) is 20.0 Å². The lowest BCUT2D eigenvalue weighted by Crippen LogP contribution is -2.38. The van der Waals surface area contributed by atoms with Crippen LogP contribution >= 0.6 is 11.3 Å². The molecule has 144 valence electrons. The van der Waals surface area contributed by atoms with Crippen LogP contribution in [0, 0.1) is 0 Å². The Morgan fingerprint density at radius 2 is 2.00 bits per heavy atom. The summed E-state index contributed by atoms with van der Waals surface area (Å²) in [5.74, 6) is 0.653. The molecular formula is C18H20F3N5S. The van der Waals surface area contributed by atoms with E-state index < -0.39 is 11.7 Å². The molecule has 5 nitrogen and oxygen atoms in total. The third kappa shape index (κ3) is 5.22. The number of imidazole rings is 1. The summed E-state index contributed by atoms with van der Waals surface area (Å²) in [6, 6.07) is 5.23. The number of nitrogens with zero attached hydrogens (tertiary/aromatic N) is 3. The maximum atomic E-state index is 12.6. The molecule has 0 aliphatic rings. The number of alkyl halides is 3. The molecule has 0 unspecified atom stereocenters. The Morgan fingerprint density at radius 1 is 1.22 bits per heavy atom. The van der Waals surface area contributed by atoms with E-state index in [1.54, 1.807) is 11.3 Å². The molecule has 3 rings (SSSR count). The van der Waals surface area contributed by atoms with Gasteiger partial charge in [-0.25, -0.2) is 9.98 Å². The van der Waals surface area contributed by atoms with Gasteiger partial charge in [-0.05, 0) is 31.0 Å². The van der Waals surface area contributed by atoms with Crippen molar-refractivity contribution in [3.63, 3.8) is 0 Å². The summed E-state index contributed by atoms with van der Waals surface area (Å²) >= 11 is 1.57. The van der Waals surface area contributed by atoms with Gasteiger partial charge in [-0.15, -0.1) is 11.3 Å². The van der Waals surface area contributed by atoms with Crippen LogP contribution in [0.2, 0.25) is 0 Å². The molecule has 27 heavy (non-hydrogen) atoms. The molecule has 1 aromatic carbocycles. The van der Waals surface area contributed by atoms with Crippen molar-refractivity contribution in [2.45, 2.75) is 26.1 Å². The quantitative estimate of drug-likeness (QED) is 0.494. The molecule has 0 aliphatic carbocycles. The summed E-state index contributed by atoms with van der Waals surface area (Å²) in [5.41, 5.74) is 1.08. The van der Waals surface area contributed by atoms with Gasteiger partial charge in [-0.2, -0.15) is 13.2 Å². The van der Waals surface area contributed by atoms with Crippen LogP contribution in [0.1, 0.15) is 23.7 Å². The highest BCUT2D eigenvalue weighted by atomic mass is 32.1. The molecule has 9 heteroatoms. The van der Waals surface area contributed by atoms with Crippen LogP contribution < -0.4 is 10.6 Å². The number of aromatic nitrogens is 2. The Hall–Kier alpha value is -2.55. The molecule has 0 amide bonds. The van der Waals surface area contributed by atoms with E-state index in [4.69, 9.17) is 0 Å². The lowest BCUT2D eigenvalue weighted by atomic mass is 10.1. The Balaban J connectivity index is 1.53. The van der Waals surface area contributed by atoms with Gasteiger partial charge >= 0.3 is 6.18 Å². The Morgan fingerprint density at radius 3 is 2.67 bits per heavy atom. The number of rotatable bonds is 6. The standard InChI is InChI=1S/C18H20F3N5S/c1-2-22-16(24-11-15-12-26-9-10-27-17(26)25-15)23-8-7-13-3-5-14(6-4-13)18(19,20)21/h3-6,9-10,12H,2,7-8,11H2,1H3,(H2,22,23,24). The first-order valence-electron chi connectivity index (χ1n) is 8.55. The van der Waals surface area contributed by atoms with E-state index in [0.29, 0.717) is 32.0 Å². The molecule has 0 atom stereocenters. The highest BCUT2D eigenvalue weighted by Gasteiger charge is 2.29. The van der Waals surface area contributed by atoms with Crippen molar-refractivity contribution in [2.24, 2.45) is 4.99 Å². The van der Waals surface area contributed by atoms with Crippen LogP contribution in [0.25, 0.3) is 4.96 Å². The van der Waals surface area contributed by atoms with Crippen LogP contribution in [-0.2, 0) is 19.1 Å². The summed E-state index contributed by atoms with van der Waals surface area (Å²) in [5, 5.41) is 8.32. The smallest absolute Gasteiger partial charge is 0.357 e. The molecule has 0 radical (unpaired) electrons. The molecule has 0 spiro atoms. The third-order valence-electron chi connectivity index (χ3n) is 3.87. The summed E-state index contributed by atoms with van der Waals surface area (Å²) in [7, 11) is 0. The minimum atomic E-state index is -4.30. The molecule has 0 saturated heterocycles. The molecule has 2 aromatic heterocycles. The average Bonchev–Trinajstić information content (AvgIpc) is 3.21. The number of hydrogen-bond donors (Lipinski definition) is 2. The zero-order valence-electron chi connectivity index (χ0n) is 14.8. The minimum absolute atomic E-state index is 0.448. The number of fused-ring (bicyclic) bond motifs is 1. The second-order valence-corrected chi connectivity index (χ2v) is 6.76. The van der Waals surface area contributed by atoms with Crippen molar-refractivity contribution >= 4 is 22.3 Å². The van der Waals surface area contributed by atoms with Crippen molar-refractivity contribution in [3.05, 3.63) is 58.9 Å². The lowest BCUT2D eigenvalue weighted by Gasteiger charge is -2.11. The van der Waals surface area contributed by atoms with Gasteiger partial charge < -0.3 is 10.6 Å². The summed E-state index contributed by atoms with van der Waals surface area (Å²) in [6.45, 7) is 3.70. The van der Waals surface area contributed by atoms with E-state index in [-0.39, 0.29) is 0 Å². The molecule has 2 heterocycles. The van der Waals surface area contributed by atoms with Crippen LogP contribution in [0.3, 0.4) is 0 Å². The second kappa shape index (κ2) is 8.43. The number of benzene rings is 1.